The van der Waals surface area contributed by atoms with E-state index < -0.39 is 6.10 Å². The maximum Gasteiger partial charge on any atom is 0.186 e. The molecule has 5 atom stereocenters. The molecule has 0 amide bonds. The van der Waals surface area contributed by atoms with Crippen LogP contribution in [0.2, 0.25) is 0 Å². The minimum Gasteiger partial charge on any atom is -0.388 e. The molecule has 0 unspecified atom stereocenters. The van der Waals surface area contributed by atoms with Gasteiger partial charge in [0.25, 0.3) is 0 Å². The first-order chi connectivity index (χ1) is 5.24. The van der Waals surface area contributed by atoms with Gasteiger partial charge in [0.05, 0.1) is 6.10 Å². The molecule has 64 valence electrons. The van der Waals surface area contributed by atoms with Crippen LogP contribution >= 0.6 is 0 Å². The average Bonchev–Trinajstić information content (AvgIpc) is 2.76. The molecular weight excluding hydrogens is 148 g/mol. The van der Waals surface area contributed by atoms with Gasteiger partial charge < -0.3 is 19.3 Å². The van der Waals surface area contributed by atoms with Crippen molar-refractivity contribution in [3.05, 3.63) is 0 Å². The third kappa shape index (κ3) is 1.06. The monoisotopic (exact) mass is 160 g/mol. The predicted molar refractivity (Wildman–Crippen MR) is 36.0 cm³/mol. The van der Waals surface area contributed by atoms with E-state index in [0.29, 0.717) is 0 Å². The van der Waals surface area contributed by atoms with E-state index in [0.717, 1.165) is 0 Å². The highest BCUT2D eigenvalue weighted by Crippen LogP contribution is 2.37. The van der Waals surface area contributed by atoms with Gasteiger partial charge >= 0.3 is 0 Å². The number of aliphatic hydroxyl groups excluding tert-OH is 1. The summed E-state index contributed by atoms with van der Waals surface area (Å²) in [5.74, 6) is 0. The van der Waals surface area contributed by atoms with Gasteiger partial charge in [-0.15, -0.1) is 0 Å². The maximum absolute atomic E-state index is 9.40. The fraction of sp³-hybridized carbons (Fsp3) is 1.00. The van der Waals surface area contributed by atoms with Crippen LogP contribution in [0, 0.1) is 0 Å². The van der Waals surface area contributed by atoms with Gasteiger partial charge in [0.1, 0.15) is 18.3 Å². The number of rotatable bonds is 1. The van der Waals surface area contributed by atoms with Crippen LogP contribution < -0.4 is 0 Å². The number of methoxy groups -OCH3 is 1. The minimum atomic E-state index is -0.494. The lowest BCUT2D eigenvalue weighted by atomic mass is 10.1. The summed E-state index contributed by atoms with van der Waals surface area (Å²) in [5.41, 5.74) is 0. The molecule has 2 rings (SSSR count). The largest absolute Gasteiger partial charge is 0.388 e. The number of aliphatic hydroxyl groups is 1. The summed E-state index contributed by atoms with van der Waals surface area (Å²) in [6, 6.07) is 0. The summed E-state index contributed by atoms with van der Waals surface area (Å²) in [7, 11) is 1.58. The van der Waals surface area contributed by atoms with Crippen molar-refractivity contribution in [1.82, 2.24) is 0 Å². The molecule has 2 aliphatic rings. The minimum absolute atomic E-state index is 0.0498. The van der Waals surface area contributed by atoms with E-state index in [2.05, 4.69) is 0 Å². The quantitative estimate of drug-likeness (QED) is 0.526. The lowest BCUT2D eigenvalue weighted by Gasteiger charge is -2.27. The Morgan fingerprint density at radius 3 is 2.64 bits per heavy atom. The lowest BCUT2D eigenvalue weighted by molar-refractivity contribution is -0.193. The van der Waals surface area contributed by atoms with E-state index >= 15 is 0 Å². The van der Waals surface area contributed by atoms with Gasteiger partial charge in [-0.1, -0.05) is 0 Å². The normalized spacial score (nSPS) is 55.4. The summed E-state index contributed by atoms with van der Waals surface area (Å²) in [6.45, 7) is 1.81. The second-order valence-electron chi connectivity index (χ2n) is 3.00. The molecule has 2 heterocycles. The summed E-state index contributed by atoms with van der Waals surface area (Å²) in [5, 5.41) is 9.40. The third-order valence-electron chi connectivity index (χ3n) is 2.23. The lowest BCUT2D eigenvalue weighted by Crippen LogP contribution is -2.43. The standard InChI is InChI=1S/C7H12O4/c1-3-4(8)5-6(11-5)7(9-2)10-3/h3-8H,1-2H3/t3-,4-,5+,6+,7+/m1/s1. The van der Waals surface area contributed by atoms with Gasteiger partial charge in [-0.05, 0) is 6.92 Å². The predicted octanol–water partition coefficient (Wildman–Crippen LogP) is -0.494. The molecule has 0 aromatic rings. The highest BCUT2D eigenvalue weighted by Gasteiger charge is 2.56. The average molecular weight is 160 g/mol. The number of epoxide rings is 1. The Hall–Kier alpha value is -0.160. The zero-order valence-corrected chi connectivity index (χ0v) is 6.56. The fourth-order valence-corrected chi connectivity index (χ4v) is 1.46. The van der Waals surface area contributed by atoms with Crippen molar-refractivity contribution in [2.75, 3.05) is 7.11 Å². The highest BCUT2D eigenvalue weighted by atomic mass is 16.7. The first-order valence-electron chi connectivity index (χ1n) is 3.76. The van der Waals surface area contributed by atoms with Crippen molar-refractivity contribution in [1.29, 1.82) is 0 Å². The van der Waals surface area contributed by atoms with Gasteiger partial charge in [-0.2, -0.15) is 0 Å². The van der Waals surface area contributed by atoms with E-state index in [9.17, 15) is 5.11 Å². The Kier molecular flexibility index (Phi) is 1.64. The molecule has 4 heteroatoms. The molecule has 0 bridgehead atoms. The zero-order valence-electron chi connectivity index (χ0n) is 6.56. The Labute approximate surface area is 65.1 Å². The van der Waals surface area contributed by atoms with E-state index in [-0.39, 0.29) is 24.6 Å². The Morgan fingerprint density at radius 2 is 2.00 bits per heavy atom. The van der Waals surface area contributed by atoms with Crippen LogP contribution in [0.5, 0.6) is 0 Å². The van der Waals surface area contributed by atoms with Crippen LogP contribution in [0.15, 0.2) is 0 Å². The molecule has 1 N–H and O–H groups in total. The van der Waals surface area contributed by atoms with Gasteiger partial charge in [0.2, 0.25) is 0 Å². The second-order valence-corrected chi connectivity index (χ2v) is 3.00. The summed E-state index contributed by atoms with van der Waals surface area (Å²) < 4.78 is 15.5. The molecule has 2 saturated heterocycles. The molecule has 0 saturated carbocycles. The molecule has 0 spiro atoms. The van der Waals surface area contributed by atoms with E-state index in [1.54, 1.807) is 7.11 Å². The van der Waals surface area contributed by atoms with Crippen LogP contribution in [0.1, 0.15) is 6.92 Å². The molecule has 2 aliphatic heterocycles. The maximum atomic E-state index is 9.40. The van der Waals surface area contributed by atoms with Crippen molar-refractivity contribution >= 4 is 0 Å². The van der Waals surface area contributed by atoms with Crippen LogP contribution in [0.3, 0.4) is 0 Å². The van der Waals surface area contributed by atoms with E-state index in [1.165, 1.54) is 0 Å². The Balaban J connectivity index is 2.02. The van der Waals surface area contributed by atoms with Crippen LogP contribution in [-0.2, 0) is 14.2 Å². The first kappa shape index (κ1) is 7.49. The van der Waals surface area contributed by atoms with E-state index in [4.69, 9.17) is 14.2 Å². The van der Waals surface area contributed by atoms with Crippen molar-refractivity contribution in [2.45, 2.75) is 37.6 Å². The van der Waals surface area contributed by atoms with Crippen molar-refractivity contribution in [3.63, 3.8) is 0 Å². The number of hydrogen-bond acceptors (Lipinski definition) is 4. The molecular formula is C7H12O4. The van der Waals surface area contributed by atoms with Gasteiger partial charge in [-0.25, -0.2) is 0 Å². The molecule has 0 aromatic carbocycles. The number of ether oxygens (including phenoxy) is 3. The van der Waals surface area contributed by atoms with Crippen LogP contribution in [0.25, 0.3) is 0 Å². The number of hydrogen-bond donors (Lipinski definition) is 1. The third-order valence-corrected chi connectivity index (χ3v) is 2.23. The molecule has 0 aliphatic carbocycles. The number of fused-ring (bicyclic) bond motifs is 1. The van der Waals surface area contributed by atoms with Gasteiger partial charge in [0, 0.05) is 7.11 Å². The van der Waals surface area contributed by atoms with Gasteiger partial charge in [-0.3, -0.25) is 0 Å². The SMILES string of the molecule is CO[C@H]1O[C@H](C)[C@@H](O)[C@@H]2O[C@H]12. The van der Waals surface area contributed by atoms with Crippen LogP contribution in [0.4, 0.5) is 0 Å². The molecule has 0 aromatic heterocycles. The summed E-state index contributed by atoms with van der Waals surface area (Å²) in [4.78, 5) is 0. The summed E-state index contributed by atoms with van der Waals surface area (Å²) >= 11 is 0. The molecule has 2 fully saturated rings. The Morgan fingerprint density at radius 1 is 1.27 bits per heavy atom. The van der Waals surface area contributed by atoms with Crippen molar-refractivity contribution in [2.24, 2.45) is 0 Å². The second kappa shape index (κ2) is 2.42. The zero-order chi connectivity index (χ0) is 8.01. The van der Waals surface area contributed by atoms with Crippen molar-refractivity contribution in [3.8, 4) is 0 Å². The molecule has 4 nitrogen and oxygen atoms in total. The molecule has 0 radical (unpaired) electrons. The van der Waals surface area contributed by atoms with E-state index in [1.807, 2.05) is 6.92 Å². The summed E-state index contributed by atoms with van der Waals surface area (Å²) in [6.07, 6.45) is -1.09. The first-order valence-corrected chi connectivity index (χ1v) is 3.76. The highest BCUT2D eigenvalue weighted by molar-refractivity contribution is 4.99. The Bertz CT molecular complexity index is 157. The topological polar surface area (TPSA) is 51.2 Å². The smallest absolute Gasteiger partial charge is 0.186 e. The van der Waals surface area contributed by atoms with Crippen molar-refractivity contribution < 1.29 is 19.3 Å². The van der Waals surface area contributed by atoms with Gasteiger partial charge in [0.15, 0.2) is 6.29 Å². The fourth-order valence-electron chi connectivity index (χ4n) is 1.46. The van der Waals surface area contributed by atoms with Crippen LogP contribution in [-0.4, -0.2) is 42.9 Å². The molecule has 11 heavy (non-hydrogen) atoms.